The number of amides is 1. The minimum absolute atomic E-state index is 0.185. The zero-order valence-electron chi connectivity index (χ0n) is 15.4. The molecule has 2 N–H and O–H groups in total. The second-order valence-electron chi connectivity index (χ2n) is 6.50. The van der Waals surface area contributed by atoms with Crippen LogP contribution in [0, 0.1) is 13.8 Å². The molecule has 7 nitrogen and oxygen atoms in total. The van der Waals surface area contributed by atoms with E-state index in [9.17, 15) is 4.79 Å². The zero-order chi connectivity index (χ0) is 19.0. The maximum atomic E-state index is 12.7. The second kappa shape index (κ2) is 6.68. The van der Waals surface area contributed by atoms with Crippen LogP contribution in [0.2, 0.25) is 0 Å². The van der Waals surface area contributed by atoms with Crippen LogP contribution in [0.3, 0.4) is 0 Å². The van der Waals surface area contributed by atoms with E-state index in [1.807, 2.05) is 43.3 Å². The van der Waals surface area contributed by atoms with E-state index in [0.717, 1.165) is 16.5 Å². The van der Waals surface area contributed by atoms with Gasteiger partial charge in [-0.3, -0.25) is 4.79 Å². The number of aromatic nitrogens is 5. The molecule has 4 aromatic rings. The first-order valence-electron chi connectivity index (χ1n) is 8.83. The van der Waals surface area contributed by atoms with Crippen molar-refractivity contribution in [2.75, 3.05) is 5.32 Å². The highest BCUT2D eigenvalue weighted by Crippen LogP contribution is 2.24. The SMILES string of the molecule is CCn1nnnc1-c1cccc(NC(=O)c2cc3c(C)c(C)ccc3[nH]2)c1. The number of nitrogens with one attached hydrogen (secondary N) is 2. The largest absolute Gasteiger partial charge is 0.351 e. The first-order chi connectivity index (χ1) is 13.1. The van der Waals surface area contributed by atoms with Crippen molar-refractivity contribution in [3.63, 3.8) is 0 Å². The number of benzene rings is 2. The molecule has 1 amide bonds. The topological polar surface area (TPSA) is 88.5 Å². The minimum Gasteiger partial charge on any atom is -0.351 e. The summed E-state index contributed by atoms with van der Waals surface area (Å²) in [6, 6.07) is 13.5. The molecule has 0 saturated heterocycles. The van der Waals surface area contributed by atoms with E-state index >= 15 is 0 Å². The van der Waals surface area contributed by atoms with E-state index < -0.39 is 0 Å². The Morgan fingerprint density at radius 2 is 2.04 bits per heavy atom. The highest BCUT2D eigenvalue weighted by molar-refractivity contribution is 6.06. The standard InChI is InChI=1S/C20H20N6O/c1-4-26-19(23-24-25-26)14-6-5-7-15(10-14)21-20(27)18-11-16-13(3)12(2)8-9-17(16)22-18/h5-11,22H,4H2,1-3H3,(H,21,27). The smallest absolute Gasteiger partial charge is 0.272 e. The molecule has 0 spiro atoms. The summed E-state index contributed by atoms with van der Waals surface area (Å²) in [5.41, 5.74) is 5.41. The number of aromatic amines is 1. The van der Waals surface area contributed by atoms with Gasteiger partial charge in [0.05, 0.1) is 0 Å². The van der Waals surface area contributed by atoms with E-state index in [2.05, 4.69) is 45.7 Å². The molecule has 136 valence electrons. The number of carbonyl (C=O) groups is 1. The Morgan fingerprint density at radius 1 is 1.19 bits per heavy atom. The van der Waals surface area contributed by atoms with Gasteiger partial charge in [0.15, 0.2) is 5.82 Å². The number of anilines is 1. The van der Waals surface area contributed by atoms with Crippen LogP contribution in [0.1, 0.15) is 28.5 Å². The van der Waals surface area contributed by atoms with Gasteiger partial charge < -0.3 is 10.3 Å². The average molecular weight is 360 g/mol. The van der Waals surface area contributed by atoms with E-state index in [1.54, 1.807) is 4.68 Å². The molecule has 0 fully saturated rings. The fourth-order valence-corrected chi connectivity index (χ4v) is 3.14. The highest BCUT2D eigenvalue weighted by Gasteiger charge is 2.13. The first-order valence-corrected chi connectivity index (χ1v) is 8.83. The molecule has 0 aliphatic rings. The van der Waals surface area contributed by atoms with Crippen molar-refractivity contribution in [1.29, 1.82) is 0 Å². The van der Waals surface area contributed by atoms with Gasteiger partial charge in [0.1, 0.15) is 5.69 Å². The van der Waals surface area contributed by atoms with Crippen molar-refractivity contribution in [2.45, 2.75) is 27.3 Å². The fraction of sp³-hybridized carbons (Fsp3) is 0.200. The van der Waals surface area contributed by atoms with E-state index in [4.69, 9.17) is 0 Å². The summed E-state index contributed by atoms with van der Waals surface area (Å²) in [4.78, 5) is 15.9. The van der Waals surface area contributed by atoms with Crippen LogP contribution in [0.5, 0.6) is 0 Å². The third-order valence-corrected chi connectivity index (χ3v) is 4.80. The first kappa shape index (κ1) is 17.0. The summed E-state index contributed by atoms with van der Waals surface area (Å²) in [7, 11) is 0. The molecule has 4 rings (SSSR count). The molecule has 0 aliphatic heterocycles. The Hall–Kier alpha value is -3.48. The predicted molar refractivity (Wildman–Crippen MR) is 105 cm³/mol. The van der Waals surface area contributed by atoms with E-state index in [-0.39, 0.29) is 5.91 Å². The third kappa shape index (κ3) is 3.08. The van der Waals surface area contributed by atoms with Gasteiger partial charge in [-0.2, -0.15) is 0 Å². The van der Waals surface area contributed by atoms with Crippen LogP contribution >= 0.6 is 0 Å². The lowest BCUT2D eigenvalue weighted by atomic mass is 10.1. The molecule has 7 heteroatoms. The molecular formula is C20H20N6O. The number of tetrazole rings is 1. The summed E-state index contributed by atoms with van der Waals surface area (Å²) < 4.78 is 1.71. The molecule has 0 saturated carbocycles. The lowest BCUT2D eigenvalue weighted by Crippen LogP contribution is -2.12. The van der Waals surface area contributed by atoms with Gasteiger partial charge in [-0.15, -0.1) is 5.10 Å². The zero-order valence-corrected chi connectivity index (χ0v) is 15.4. The van der Waals surface area contributed by atoms with Crippen molar-refractivity contribution in [2.24, 2.45) is 0 Å². The van der Waals surface area contributed by atoms with Crippen molar-refractivity contribution in [3.8, 4) is 11.4 Å². The third-order valence-electron chi connectivity index (χ3n) is 4.80. The Labute approximate surface area is 156 Å². The van der Waals surface area contributed by atoms with Crippen molar-refractivity contribution in [1.82, 2.24) is 25.2 Å². The highest BCUT2D eigenvalue weighted by atomic mass is 16.1. The van der Waals surface area contributed by atoms with Crippen LogP contribution in [0.4, 0.5) is 5.69 Å². The number of H-pyrrole nitrogens is 1. The van der Waals surface area contributed by atoms with E-state index in [0.29, 0.717) is 23.8 Å². The summed E-state index contributed by atoms with van der Waals surface area (Å²) in [6.45, 7) is 6.78. The van der Waals surface area contributed by atoms with Gasteiger partial charge in [0, 0.05) is 28.7 Å². The van der Waals surface area contributed by atoms with Crippen molar-refractivity contribution >= 4 is 22.5 Å². The Bertz CT molecular complexity index is 1140. The van der Waals surface area contributed by atoms with E-state index in [1.165, 1.54) is 11.1 Å². The van der Waals surface area contributed by atoms with Gasteiger partial charge in [-0.1, -0.05) is 18.2 Å². The molecule has 2 aromatic heterocycles. The molecule has 2 aromatic carbocycles. The molecule has 0 aliphatic carbocycles. The average Bonchev–Trinajstić information content (AvgIpc) is 3.32. The molecule has 27 heavy (non-hydrogen) atoms. The molecule has 0 radical (unpaired) electrons. The maximum Gasteiger partial charge on any atom is 0.272 e. The molecular weight excluding hydrogens is 340 g/mol. The Morgan fingerprint density at radius 3 is 2.85 bits per heavy atom. The lowest BCUT2D eigenvalue weighted by molar-refractivity contribution is 0.102. The van der Waals surface area contributed by atoms with Crippen LogP contribution in [-0.2, 0) is 6.54 Å². The second-order valence-corrected chi connectivity index (χ2v) is 6.50. The van der Waals surface area contributed by atoms with Crippen LogP contribution in [0.15, 0.2) is 42.5 Å². The number of hydrogen-bond donors (Lipinski definition) is 2. The summed E-state index contributed by atoms with van der Waals surface area (Å²) in [6.07, 6.45) is 0. The monoisotopic (exact) mass is 360 g/mol. The van der Waals surface area contributed by atoms with Gasteiger partial charge in [-0.05, 0) is 66.6 Å². The summed E-state index contributed by atoms with van der Waals surface area (Å²) in [5.74, 6) is 0.487. The number of rotatable bonds is 4. The van der Waals surface area contributed by atoms with Gasteiger partial charge in [0.25, 0.3) is 5.91 Å². The van der Waals surface area contributed by atoms with Crippen LogP contribution in [0.25, 0.3) is 22.3 Å². The van der Waals surface area contributed by atoms with Gasteiger partial charge in [0.2, 0.25) is 0 Å². The maximum absolute atomic E-state index is 12.7. The van der Waals surface area contributed by atoms with Gasteiger partial charge in [-0.25, -0.2) is 4.68 Å². The summed E-state index contributed by atoms with van der Waals surface area (Å²) in [5, 5.41) is 15.7. The normalized spacial score (nSPS) is 11.1. The van der Waals surface area contributed by atoms with Crippen LogP contribution < -0.4 is 5.32 Å². The number of fused-ring (bicyclic) bond motifs is 1. The molecule has 2 heterocycles. The van der Waals surface area contributed by atoms with Crippen LogP contribution in [-0.4, -0.2) is 31.1 Å². The number of aryl methyl sites for hydroxylation is 3. The Kier molecular flexibility index (Phi) is 4.19. The van der Waals surface area contributed by atoms with Gasteiger partial charge >= 0.3 is 0 Å². The number of hydrogen-bond acceptors (Lipinski definition) is 4. The predicted octanol–water partition coefficient (Wildman–Crippen LogP) is 3.71. The van der Waals surface area contributed by atoms with Crippen molar-refractivity contribution < 1.29 is 4.79 Å². The number of carbonyl (C=O) groups excluding carboxylic acids is 1. The Balaban J connectivity index is 1.62. The molecule has 0 bridgehead atoms. The number of nitrogens with zero attached hydrogens (tertiary/aromatic N) is 4. The fourth-order valence-electron chi connectivity index (χ4n) is 3.14. The summed E-state index contributed by atoms with van der Waals surface area (Å²) >= 11 is 0. The molecule has 0 unspecified atom stereocenters. The quantitative estimate of drug-likeness (QED) is 0.581. The molecule has 0 atom stereocenters. The van der Waals surface area contributed by atoms with Crippen molar-refractivity contribution in [3.05, 3.63) is 59.3 Å². The minimum atomic E-state index is -0.185. The lowest BCUT2D eigenvalue weighted by Gasteiger charge is -2.06.